The average Bonchev–Trinajstić information content (AvgIpc) is 2.32. The lowest BCUT2D eigenvalue weighted by Gasteiger charge is -2.09. The number of nitrogens with one attached hydrogen (secondary N) is 1. The summed E-state index contributed by atoms with van der Waals surface area (Å²) in [5, 5.41) is 3.48. The second-order valence-electron chi connectivity index (χ2n) is 4.96. The molecular weight excluding hydrogens is 230 g/mol. The lowest BCUT2D eigenvalue weighted by molar-refractivity contribution is 0.567. The first kappa shape index (κ1) is 14.4. The molecular formula is C15H24ClN. The standard InChI is InChI=1S/C15H24ClN/c1-13(2)6-5-11-17-15-9-3-7-14(12-15)8-4-10-16/h3,7,9,12-13,17H,4-6,8,10-11H2,1-2H3. The van der Waals surface area contributed by atoms with E-state index in [0.717, 1.165) is 31.2 Å². The fourth-order valence-corrected chi connectivity index (χ4v) is 1.98. The molecule has 0 aliphatic carbocycles. The summed E-state index contributed by atoms with van der Waals surface area (Å²) < 4.78 is 0. The highest BCUT2D eigenvalue weighted by Crippen LogP contribution is 2.13. The molecule has 1 aromatic rings. The molecule has 0 amide bonds. The molecule has 0 radical (unpaired) electrons. The largest absolute Gasteiger partial charge is 0.385 e. The minimum atomic E-state index is 0.742. The van der Waals surface area contributed by atoms with Gasteiger partial charge in [-0.15, -0.1) is 11.6 Å². The molecule has 0 fully saturated rings. The molecule has 0 saturated carbocycles. The van der Waals surface area contributed by atoms with Crippen molar-refractivity contribution in [3.8, 4) is 0 Å². The third-order valence-electron chi connectivity index (χ3n) is 2.81. The van der Waals surface area contributed by atoms with Gasteiger partial charge in [0.1, 0.15) is 0 Å². The van der Waals surface area contributed by atoms with Gasteiger partial charge in [-0.05, 0) is 49.3 Å². The van der Waals surface area contributed by atoms with Crippen molar-refractivity contribution in [2.75, 3.05) is 17.7 Å². The van der Waals surface area contributed by atoms with Gasteiger partial charge in [0.2, 0.25) is 0 Å². The summed E-state index contributed by atoms with van der Waals surface area (Å²) in [6, 6.07) is 8.67. The number of hydrogen-bond acceptors (Lipinski definition) is 1. The number of rotatable bonds is 8. The van der Waals surface area contributed by atoms with Crippen LogP contribution in [0.2, 0.25) is 0 Å². The predicted octanol–water partition coefficient (Wildman–Crippen LogP) is 4.71. The molecule has 1 aromatic carbocycles. The number of aryl methyl sites for hydroxylation is 1. The van der Waals surface area contributed by atoms with Gasteiger partial charge in [0, 0.05) is 18.1 Å². The molecule has 2 heteroatoms. The fraction of sp³-hybridized carbons (Fsp3) is 0.600. The fourth-order valence-electron chi connectivity index (χ4n) is 1.85. The van der Waals surface area contributed by atoms with Crippen molar-refractivity contribution in [1.29, 1.82) is 0 Å². The number of halogens is 1. The maximum Gasteiger partial charge on any atom is 0.0342 e. The summed E-state index contributed by atoms with van der Waals surface area (Å²) in [6.45, 7) is 5.61. The van der Waals surface area contributed by atoms with Crippen LogP contribution in [0.5, 0.6) is 0 Å². The Labute approximate surface area is 111 Å². The molecule has 96 valence electrons. The Hall–Kier alpha value is -0.690. The van der Waals surface area contributed by atoms with E-state index in [2.05, 4.69) is 43.4 Å². The maximum atomic E-state index is 5.71. The smallest absolute Gasteiger partial charge is 0.0342 e. The molecule has 0 atom stereocenters. The van der Waals surface area contributed by atoms with Crippen molar-refractivity contribution in [3.63, 3.8) is 0 Å². The molecule has 1 rings (SSSR count). The van der Waals surface area contributed by atoms with Crippen molar-refractivity contribution in [3.05, 3.63) is 29.8 Å². The summed E-state index contributed by atoms with van der Waals surface area (Å²) in [4.78, 5) is 0. The molecule has 0 aliphatic rings. The quantitative estimate of drug-likeness (QED) is 0.523. The minimum absolute atomic E-state index is 0.742. The van der Waals surface area contributed by atoms with Crippen molar-refractivity contribution in [2.45, 2.75) is 39.5 Å². The first-order valence-electron chi connectivity index (χ1n) is 6.61. The number of anilines is 1. The molecule has 1 nitrogen and oxygen atoms in total. The molecule has 0 heterocycles. The van der Waals surface area contributed by atoms with Crippen LogP contribution in [0.4, 0.5) is 5.69 Å². The van der Waals surface area contributed by atoms with Crippen LogP contribution >= 0.6 is 11.6 Å². The number of alkyl halides is 1. The molecule has 0 saturated heterocycles. The van der Waals surface area contributed by atoms with E-state index in [-0.39, 0.29) is 0 Å². The lowest BCUT2D eigenvalue weighted by Crippen LogP contribution is -2.03. The predicted molar refractivity (Wildman–Crippen MR) is 78.0 cm³/mol. The first-order chi connectivity index (χ1) is 8.22. The van der Waals surface area contributed by atoms with Gasteiger partial charge in [-0.1, -0.05) is 26.0 Å². The van der Waals surface area contributed by atoms with E-state index < -0.39 is 0 Å². The van der Waals surface area contributed by atoms with Crippen LogP contribution in [0.1, 0.15) is 38.7 Å². The molecule has 1 N–H and O–H groups in total. The van der Waals surface area contributed by atoms with Crippen LogP contribution in [0.15, 0.2) is 24.3 Å². The second kappa shape index (κ2) is 8.41. The molecule has 0 aromatic heterocycles. The van der Waals surface area contributed by atoms with Crippen molar-refractivity contribution in [1.82, 2.24) is 0 Å². The zero-order valence-electron chi connectivity index (χ0n) is 11.0. The van der Waals surface area contributed by atoms with E-state index in [1.165, 1.54) is 24.1 Å². The van der Waals surface area contributed by atoms with Crippen LogP contribution in [0.25, 0.3) is 0 Å². The van der Waals surface area contributed by atoms with E-state index in [0.29, 0.717) is 0 Å². The third-order valence-corrected chi connectivity index (χ3v) is 3.08. The Kier molecular flexibility index (Phi) is 7.11. The maximum absolute atomic E-state index is 5.71. The highest BCUT2D eigenvalue weighted by Gasteiger charge is 1.97. The zero-order chi connectivity index (χ0) is 12.5. The van der Waals surface area contributed by atoms with E-state index in [1.807, 2.05) is 0 Å². The van der Waals surface area contributed by atoms with Crippen LogP contribution in [-0.2, 0) is 6.42 Å². The molecule has 0 unspecified atom stereocenters. The van der Waals surface area contributed by atoms with Gasteiger partial charge in [-0.25, -0.2) is 0 Å². The van der Waals surface area contributed by atoms with E-state index in [4.69, 9.17) is 11.6 Å². The molecule has 0 spiro atoms. The van der Waals surface area contributed by atoms with Gasteiger partial charge in [-0.3, -0.25) is 0 Å². The highest BCUT2D eigenvalue weighted by molar-refractivity contribution is 6.17. The van der Waals surface area contributed by atoms with Gasteiger partial charge < -0.3 is 5.32 Å². The van der Waals surface area contributed by atoms with Gasteiger partial charge >= 0.3 is 0 Å². The molecule has 17 heavy (non-hydrogen) atoms. The van der Waals surface area contributed by atoms with Gasteiger partial charge in [0.25, 0.3) is 0 Å². The van der Waals surface area contributed by atoms with Gasteiger partial charge in [0.15, 0.2) is 0 Å². The summed E-state index contributed by atoms with van der Waals surface area (Å²) >= 11 is 5.71. The summed E-state index contributed by atoms with van der Waals surface area (Å²) in [7, 11) is 0. The SMILES string of the molecule is CC(C)CCCNc1cccc(CCCCl)c1. The highest BCUT2D eigenvalue weighted by atomic mass is 35.5. The zero-order valence-corrected chi connectivity index (χ0v) is 11.8. The summed E-state index contributed by atoms with van der Waals surface area (Å²) in [5.41, 5.74) is 2.61. The van der Waals surface area contributed by atoms with Crippen LogP contribution in [-0.4, -0.2) is 12.4 Å². The first-order valence-corrected chi connectivity index (χ1v) is 7.14. The Morgan fingerprint density at radius 1 is 1.24 bits per heavy atom. The van der Waals surface area contributed by atoms with E-state index in [1.54, 1.807) is 0 Å². The Bertz CT molecular complexity index is 310. The van der Waals surface area contributed by atoms with Gasteiger partial charge in [0.05, 0.1) is 0 Å². The second-order valence-corrected chi connectivity index (χ2v) is 5.33. The lowest BCUT2D eigenvalue weighted by atomic mass is 10.1. The average molecular weight is 254 g/mol. The Morgan fingerprint density at radius 2 is 2.06 bits per heavy atom. The van der Waals surface area contributed by atoms with Crippen LogP contribution in [0.3, 0.4) is 0 Å². The summed E-state index contributed by atoms with van der Waals surface area (Å²) in [6.07, 6.45) is 4.66. The topological polar surface area (TPSA) is 12.0 Å². The molecule has 0 bridgehead atoms. The van der Waals surface area contributed by atoms with Crippen LogP contribution in [0, 0.1) is 5.92 Å². The third kappa shape index (κ3) is 6.58. The van der Waals surface area contributed by atoms with Crippen LogP contribution < -0.4 is 5.32 Å². The normalized spacial score (nSPS) is 10.8. The van der Waals surface area contributed by atoms with Crippen molar-refractivity contribution < 1.29 is 0 Å². The Morgan fingerprint density at radius 3 is 2.76 bits per heavy atom. The molecule has 0 aliphatic heterocycles. The van der Waals surface area contributed by atoms with E-state index in [9.17, 15) is 0 Å². The van der Waals surface area contributed by atoms with Crippen molar-refractivity contribution >= 4 is 17.3 Å². The number of benzene rings is 1. The summed E-state index contributed by atoms with van der Waals surface area (Å²) in [5.74, 6) is 1.54. The Balaban J connectivity index is 2.32. The monoisotopic (exact) mass is 253 g/mol. The van der Waals surface area contributed by atoms with Gasteiger partial charge in [-0.2, -0.15) is 0 Å². The number of hydrogen-bond donors (Lipinski definition) is 1. The van der Waals surface area contributed by atoms with Crippen molar-refractivity contribution in [2.24, 2.45) is 5.92 Å². The van der Waals surface area contributed by atoms with E-state index >= 15 is 0 Å². The minimum Gasteiger partial charge on any atom is -0.385 e.